The largest absolute Gasteiger partial charge is 0.497 e. The molecule has 1 aromatic heterocycles. The number of nitrogens with zero attached hydrogens (tertiary/aromatic N) is 3. The Kier molecular flexibility index (Phi) is 4.84. The maximum Gasteiger partial charge on any atom is 0.254 e. The number of methoxy groups -OCH3 is 1. The lowest BCUT2D eigenvalue weighted by atomic mass is 9.96. The van der Waals surface area contributed by atoms with Crippen LogP contribution in [0, 0.1) is 0 Å². The molecule has 26 heavy (non-hydrogen) atoms. The van der Waals surface area contributed by atoms with Crippen molar-refractivity contribution < 1.29 is 9.53 Å². The van der Waals surface area contributed by atoms with Crippen LogP contribution in [-0.2, 0) is 13.0 Å². The van der Waals surface area contributed by atoms with Crippen molar-refractivity contribution in [3.63, 3.8) is 0 Å². The van der Waals surface area contributed by atoms with E-state index in [1.807, 2.05) is 29.3 Å². The molecule has 0 spiro atoms. The molecule has 0 saturated carbocycles. The van der Waals surface area contributed by atoms with E-state index in [1.54, 1.807) is 13.2 Å². The van der Waals surface area contributed by atoms with E-state index >= 15 is 0 Å². The molecule has 2 aliphatic rings. The molecule has 2 aromatic rings. The fraction of sp³-hybridized carbons (Fsp3) is 0.450. The molecule has 0 bridgehead atoms. The van der Waals surface area contributed by atoms with Crippen molar-refractivity contribution in [2.45, 2.75) is 31.7 Å². The van der Waals surface area contributed by atoms with E-state index in [2.05, 4.69) is 10.3 Å². The number of piperidine rings is 1. The van der Waals surface area contributed by atoms with Gasteiger partial charge in [-0.05, 0) is 31.0 Å². The molecule has 2 aliphatic heterocycles. The summed E-state index contributed by atoms with van der Waals surface area (Å²) in [6, 6.07) is 7.35. The van der Waals surface area contributed by atoms with Gasteiger partial charge < -0.3 is 15.0 Å². The van der Waals surface area contributed by atoms with Crippen LogP contribution in [0.2, 0.25) is 0 Å². The number of likely N-dealkylation sites (tertiary alicyclic amines) is 1. The smallest absolute Gasteiger partial charge is 0.254 e. The number of carbonyl (C=O) groups is 1. The molecule has 3 heterocycles. The van der Waals surface area contributed by atoms with Gasteiger partial charge in [0.15, 0.2) is 0 Å². The average Bonchev–Trinajstić information content (AvgIpc) is 2.73. The van der Waals surface area contributed by atoms with Crippen molar-refractivity contribution in [3.8, 4) is 5.75 Å². The Balaban J connectivity index is 1.51. The first-order valence-corrected chi connectivity index (χ1v) is 9.23. The van der Waals surface area contributed by atoms with Gasteiger partial charge in [0.05, 0.1) is 7.11 Å². The number of aromatic nitrogens is 2. The third-order valence-corrected chi connectivity index (χ3v) is 5.22. The molecule has 136 valence electrons. The number of amides is 1. The van der Waals surface area contributed by atoms with E-state index in [0.717, 1.165) is 50.4 Å². The second-order valence-corrected chi connectivity index (χ2v) is 6.95. The van der Waals surface area contributed by atoms with Gasteiger partial charge in [-0.15, -0.1) is 0 Å². The Morgan fingerprint density at radius 2 is 2.31 bits per heavy atom. The Morgan fingerprint density at radius 3 is 3.19 bits per heavy atom. The molecule has 0 aliphatic carbocycles. The van der Waals surface area contributed by atoms with Crippen molar-refractivity contribution >= 4 is 5.91 Å². The van der Waals surface area contributed by atoms with Crippen LogP contribution in [0.4, 0.5) is 0 Å². The Morgan fingerprint density at radius 1 is 1.38 bits per heavy atom. The van der Waals surface area contributed by atoms with Gasteiger partial charge >= 0.3 is 0 Å². The van der Waals surface area contributed by atoms with Gasteiger partial charge in [-0.1, -0.05) is 6.07 Å². The first-order valence-electron chi connectivity index (χ1n) is 9.23. The third kappa shape index (κ3) is 3.42. The highest BCUT2D eigenvalue weighted by Crippen LogP contribution is 2.27. The van der Waals surface area contributed by atoms with Crippen LogP contribution in [0.5, 0.6) is 5.75 Å². The topological polar surface area (TPSA) is 67.3 Å². The molecular weight excluding hydrogens is 328 g/mol. The second-order valence-electron chi connectivity index (χ2n) is 6.95. The van der Waals surface area contributed by atoms with E-state index in [4.69, 9.17) is 9.72 Å². The van der Waals surface area contributed by atoms with Gasteiger partial charge in [0.2, 0.25) is 0 Å². The van der Waals surface area contributed by atoms with Gasteiger partial charge in [0, 0.05) is 61.5 Å². The van der Waals surface area contributed by atoms with Gasteiger partial charge in [-0.25, -0.2) is 9.97 Å². The number of nitrogens with one attached hydrogen (secondary N) is 1. The molecule has 4 rings (SSSR count). The Labute approximate surface area is 153 Å². The molecule has 0 unspecified atom stereocenters. The highest BCUT2D eigenvalue weighted by Gasteiger charge is 2.28. The molecule has 1 saturated heterocycles. The third-order valence-electron chi connectivity index (χ3n) is 5.22. The zero-order chi connectivity index (χ0) is 17.9. The number of fused-ring (bicyclic) bond motifs is 1. The van der Waals surface area contributed by atoms with Crippen molar-refractivity contribution in [2.75, 3.05) is 26.7 Å². The van der Waals surface area contributed by atoms with Gasteiger partial charge in [0.25, 0.3) is 5.91 Å². The second kappa shape index (κ2) is 7.41. The van der Waals surface area contributed by atoms with Gasteiger partial charge in [-0.3, -0.25) is 4.79 Å². The molecular formula is C20H24N4O2. The summed E-state index contributed by atoms with van der Waals surface area (Å²) in [7, 11) is 1.61. The van der Waals surface area contributed by atoms with Crippen molar-refractivity contribution in [2.24, 2.45) is 0 Å². The number of carbonyl (C=O) groups excluding carboxylic acids is 1. The van der Waals surface area contributed by atoms with Crippen LogP contribution in [0.3, 0.4) is 0 Å². The number of rotatable bonds is 3. The standard InChI is InChI=1S/C20H24N4O2/c1-26-17-6-2-4-14(10-17)20(25)24-9-3-5-15(13-24)19-22-12-16-11-21-8-7-18(16)23-19/h2,4,6,10,12,15,21H,3,5,7-9,11,13H2,1H3/t15-/m0/s1. The highest BCUT2D eigenvalue weighted by atomic mass is 16.5. The van der Waals surface area contributed by atoms with Crippen LogP contribution in [0.1, 0.15) is 46.2 Å². The molecule has 1 atom stereocenters. The summed E-state index contributed by atoms with van der Waals surface area (Å²) in [6.45, 7) is 3.27. The predicted molar refractivity (Wildman–Crippen MR) is 98.3 cm³/mol. The quantitative estimate of drug-likeness (QED) is 0.917. The number of hydrogen-bond acceptors (Lipinski definition) is 5. The minimum Gasteiger partial charge on any atom is -0.497 e. The van der Waals surface area contributed by atoms with Crippen molar-refractivity contribution in [3.05, 3.63) is 53.1 Å². The van der Waals surface area contributed by atoms with E-state index in [-0.39, 0.29) is 11.8 Å². The van der Waals surface area contributed by atoms with E-state index < -0.39 is 0 Å². The SMILES string of the molecule is COc1cccc(C(=O)N2CCC[C@H](c3ncc4c(n3)CCNC4)C2)c1. The van der Waals surface area contributed by atoms with Crippen LogP contribution < -0.4 is 10.1 Å². The first-order chi connectivity index (χ1) is 12.7. The fourth-order valence-electron chi connectivity index (χ4n) is 3.76. The summed E-state index contributed by atoms with van der Waals surface area (Å²) in [5.74, 6) is 1.85. The molecule has 6 nitrogen and oxygen atoms in total. The summed E-state index contributed by atoms with van der Waals surface area (Å²) in [6.07, 6.45) is 4.90. The Hall–Kier alpha value is -2.47. The van der Waals surface area contributed by atoms with Crippen molar-refractivity contribution in [1.29, 1.82) is 0 Å². The zero-order valence-electron chi connectivity index (χ0n) is 15.1. The number of hydrogen-bond donors (Lipinski definition) is 1. The van der Waals surface area contributed by atoms with Gasteiger partial charge in [0.1, 0.15) is 11.6 Å². The molecule has 0 radical (unpaired) electrons. The molecule has 1 N–H and O–H groups in total. The molecule has 1 amide bonds. The maximum absolute atomic E-state index is 12.9. The summed E-state index contributed by atoms with van der Waals surface area (Å²) >= 11 is 0. The van der Waals surface area contributed by atoms with Crippen LogP contribution >= 0.6 is 0 Å². The summed E-state index contributed by atoms with van der Waals surface area (Å²) in [5, 5.41) is 3.35. The lowest BCUT2D eigenvalue weighted by Crippen LogP contribution is -2.39. The van der Waals surface area contributed by atoms with E-state index in [9.17, 15) is 4.79 Å². The van der Waals surface area contributed by atoms with Crippen LogP contribution in [-0.4, -0.2) is 47.5 Å². The maximum atomic E-state index is 12.9. The minimum absolute atomic E-state index is 0.0516. The molecule has 1 fully saturated rings. The van der Waals surface area contributed by atoms with Gasteiger partial charge in [-0.2, -0.15) is 0 Å². The predicted octanol–water partition coefficient (Wildman–Crippen LogP) is 2.15. The summed E-state index contributed by atoms with van der Waals surface area (Å²) < 4.78 is 5.24. The lowest BCUT2D eigenvalue weighted by molar-refractivity contribution is 0.0704. The van der Waals surface area contributed by atoms with E-state index in [0.29, 0.717) is 17.9 Å². The number of ether oxygens (including phenoxy) is 1. The summed E-state index contributed by atoms with van der Waals surface area (Å²) in [5.41, 5.74) is 3.02. The normalized spacial score (nSPS) is 19.7. The highest BCUT2D eigenvalue weighted by molar-refractivity contribution is 5.94. The zero-order valence-corrected chi connectivity index (χ0v) is 15.1. The lowest BCUT2D eigenvalue weighted by Gasteiger charge is -2.32. The monoisotopic (exact) mass is 352 g/mol. The van der Waals surface area contributed by atoms with Crippen LogP contribution in [0.25, 0.3) is 0 Å². The number of benzene rings is 1. The first kappa shape index (κ1) is 17.0. The summed E-state index contributed by atoms with van der Waals surface area (Å²) in [4.78, 5) is 24.2. The molecule has 6 heteroatoms. The molecule has 1 aromatic carbocycles. The van der Waals surface area contributed by atoms with Crippen molar-refractivity contribution in [1.82, 2.24) is 20.2 Å². The van der Waals surface area contributed by atoms with E-state index in [1.165, 1.54) is 5.56 Å². The van der Waals surface area contributed by atoms with Crippen LogP contribution in [0.15, 0.2) is 30.5 Å². The minimum atomic E-state index is 0.0516. The Bertz CT molecular complexity index is 808. The fourth-order valence-corrected chi connectivity index (χ4v) is 3.76. The average molecular weight is 352 g/mol.